The summed E-state index contributed by atoms with van der Waals surface area (Å²) in [6, 6.07) is 10.2. The number of ether oxygens (including phenoxy) is 2. The van der Waals surface area contributed by atoms with E-state index < -0.39 is 32.0 Å². The average Bonchev–Trinajstić information content (AvgIpc) is 3.60. The Bertz CT molecular complexity index is 1560. The fraction of sp³-hybridized carbons (Fsp3) is 0.484. The zero-order chi connectivity index (χ0) is 30.8. The maximum absolute atomic E-state index is 15.3. The second-order valence-corrected chi connectivity index (χ2v) is 15.6. The topological polar surface area (TPSA) is 62.8 Å². The van der Waals surface area contributed by atoms with Crippen LogP contribution in [0.15, 0.2) is 36.4 Å². The lowest BCUT2D eigenvalue weighted by Gasteiger charge is -2.38. The van der Waals surface area contributed by atoms with Crippen LogP contribution < -0.4 is 20.7 Å². The van der Waals surface area contributed by atoms with Gasteiger partial charge in [-0.15, -0.1) is 11.3 Å². The number of anilines is 2. The largest absolute Gasteiger partial charge is 0.495 e. The Labute approximate surface area is 253 Å². The summed E-state index contributed by atoms with van der Waals surface area (Å²) in [6.45, 7) is 5.88. The summed E-state index contributed by atoms with van der Waals surface area (Å²) >= 11 is 1.19. The van der Waals surface area contributed by atoms with Crippen molar-refractivity contribution >= 4 is 45.2 Å². The molecule has 2 aromatic carbocycles. The highest BCUT2D eigenvalue weighted by Crippen LogP contribution is 2.40. The molecule has 2 fully saturated rings. The van der Waals surface area contributed by atoms with Gasteiger partial charge in [0.25, 0.3) is 0 Å². The molecule has 0 saturated carbocycles. The molecule has 3 unspecified atom stereocenters. The van der Waals surface area contributed by atoms with Crippen molar-refractivity contribution in [3.8, 4) is 17.6 Å². The lowest BCUT2D eigenvalue weighted by molar-refractivity contribution is -0.126. The third-order valence-corrected chi connectivity index (χ3v) is 10.6. The lowest BCUT2D eigenvalue weighted by Crippen LogP contribution is -2.51. The number of nitrogens with one attached hydrogen (secondary N) is 2. The number of benzene rings is 2. The van der Waals surface area contributed by atoms with Crippen LogP contribution in [-0.2, 0) is 15.7 Å². The number of halogens is 4. The van der Waals surface area contributed by atoms with Crippen molar-refractivity contribution in [3.63, 3.8) is 0 Å². The van der Waals surface area contributed by atoms with Crippen molar-refractivity contribution in [2.45, 2.75) is 43.7 Å². The minimum Gasteiger partial charge on any atom is -0.495 e. The summed E-state index contributed by atoms with van der Waals surface area (Å²) in [5.41, 5.74) is 1.39. The second-order valence-electron chi connectivity index (χ2n) is 11.3. The molecule has 6 nitrogen and oxygen atoms in total. The van der Waals surface area contributed by atoms with Gasteiger partial charge >= 0.3 is 6.18 Å². The van der Waals surface area contributed by atoms with Crippen LogP contribution in [0.1, 0.15) is 23.3 Å². The lowest BCUT2D eigenvalue weighted by atomic mass is 10.00. The Hall–Kier alpha value is -2.77. The van der Waals surface area contributed by atoms with E-state index >= 15 is 4.39 Å². The molecule has 1 aromatic heterocycles. The van der Waals surface area contributed by atoms with Gasteiger partial charge in [-0.25, -0.2) is 4.39 Å². The first-order valence-electron chi connectivity index (χ1n) is 14.2. The standard InChI is InChI=1S/C31H36F4N3O3PS/c1-40-28-16-21(42(2,3)39)9-10-26(28)36-13-5-8-29-23(17-31(33,34)35)22-6-4-7-27(30(22)43-29)37-25-11-14-38(18-24(25)32)20-12-15-41-19-20/h4,6-7,9-10,16,20,24-25,36-37H,11-15,17-19H2,1-3H3. The predicted octanol–water partition coefficient (Wildman–Crippen LogP) is 6.34. The molecule has 0 bridgehead atoms. The Kier molecular flexibility index (Phi) is 9.62. The number of likely N-dealkylation sites (tertiary alicyclic amines) is 1. The Morgan fingerprint density at radius 1 is 1.19 bits per heavy atom. The van der Waals surface area contributed by atoms with E-state index in [1.54, 1.807) is 49.7 Å². The number of hydrogen-bond acceptors (Lipinski definition) is 7. The van der Waals surface area contributed by atoms with Gasteiger partial charge < -0.3 is 24.7 Å². The summed E-state index contributed by atoms with van der Waals surface area (Å²) in [6.07, 6.45) is -5.14. The fourth-order valence-corrected chi connectivity index (χ4v) is 7.65. The zero-order valence-corrected chi connectivity index (χ0v) is 26.1. The molecule has 3 aromatic rings. The number of nitrogens with zero attached hydrogens (tertiary/aromatic N) is 1. The van der Waals surface area contributed by atoms with Gasteiger partial charge in [-0.3, -0.25) is 4.90 Å². The Morgan fingerprint density at radius 3 is 2.67 bits per heavy atom. The molecule has 2 aliphatic rings. The highest BCUT2D eigenvalue weighted by molar-refractivity contribution is 7.70. The van der Waals surface area contributed by atoms with Crippen molar-refractivity contribution in [3.05, 3.63) is 46.8 Å². The summed E-state index contributed by atoms with van der Waals surface area (Å²) in [7, 11) is -0.962. The molecule has 3 heterocycles. The normalized spacial score (nSPS) is 21.4. The quantitative estimate of drug-likeness (QED) is 0.171. The third-order valence-electron chi connectivity index (χ3n) is 7.91. The van der Waals surface area contributed by atoms with E-state index in [1.165, 1.54) is 18.4 Å². The fourth-order valence-electron chi connectivity index (χ4n) is 5.62. The van der Waals surface area contributed by atoms with Crippen LogP contribution >= 0.6 is 18.5 Å². The molecule has 0 aliphatic carbocycles. The molecule has 12 heteroatoms. The van der Waals surface area contributed by atoms with Crippen LogP contribution in [0.2, 0.25) is 0 Å². The molecule has 232 valence electrons. The van der Waals surface area contributed by atoms with E-state index in [1.807, 2.05) is 0 Å². The van der Waals surface area contributed by atoms with E-state index in [0.717, 1.165) is 13.0 Å². The van der Waals surface area contributed by atoms with Crippen molar-refractivity contribution in [1.82, 2.24) is 4.90 Å². The van der Waals surface area contributed by atoms with Crippen LogP contribution in [0.4, 0.5) is 28.9 Å². The van der Waals surface area contributed by atoms with E-state index in [2.05, 4.69) is 27.4 Å². The minimum atomic E-state index is -4.42. The molecule has 0 radical (unpaired) electrons. The van der Waals surface area contributed by atoms with Crippen LogP contribution in [0.5, 0.6) is 5.75 Å². The molecule has 2 N–H and O–H groups in total. The number of thiophene rings is 1. The monoisotopic (exact) mass is 637 g/mol. The molecule has 0 amide bonds. The number of alkyl halides is 4. The van der Waals surface area contributed by atoms with Crippen LogP contribution in [0, 0.1) is 11.8 Å². The van der Waals surface area contributed by atoms with Crippen molar-refractivity contribution < 1.29 is 31.6 Å². The maximum Gasteiger partial charge on any atom is 0.393 e. The van der Waals surface area contributed by atoms with E-state index in [4.69, 9.17) is 9.47 Å². The number of rotatable bonds is 8. The number of hydrogen-bond donors (Lipinski definition) is 2. The SMILES string of the molecule is COc1cc(P(C)(C)=O)ccc1NCC#Cc1sc2c(NC3CCN(C4CCOC4)CC3F)cccc2c1CC(F)(F)F. The van der Waals surface area contributed by atoms with Gasteiger partial charge in [0.15, 0.2) is 0 Å². The second kappa shape index (κ2) is 13.1. The van der Waals surface area contributed by atoms with Gasteiger partial charge in [0.2, 0.25) is 0 Å². The molecule has 2 saturated heterocycles. The highest BCUT2D eigenvalue weighted by atomic mass is 32.1. The minimum absolute atomic E-state index is 0.125. The Balaban J connectivity index is 1.35. The number of methoxy groups -OCH3 is 1. The zero-order valence-electron chi connectivity index (χ0n) is 24.4. The van der Waals surface area contributed by atoms with Crippen LogP contribution in [-0.4, -0.2) is 82.6 Å². The van der Waals surface area contributed by atoms with Gasteiger partial charge in [0, 0.05) is 31.0 Å². The summed E-state index contributed by atoms with van der Waals surface area (Å²) in [4.78, 5) is 2.47. The first-order valence-corrected chi connectivity index (χ1v) is 17.6. The van der Waals surface area contributed by atoms with Gasteiger partial charge in [-0.2, -0.15) is 13.2 Å². The summed E-state index contributed by atoms with van der Waals surface area (Å²) in [5.74, 6) is 6.40. The van der Waals surface area contributed by atoms with Gasteiger partial charge in [-0.1, -0.05) is 24.0 Å². The summed E-state index contributed by atoms with van der Waals surface area (Å²) < 4.78 is 80.2. The number of fused-ring (bicyclic) bond motifs is 1. The van der Waals surface area contributed by atoms with E-state index in [-0.39, 0.29) is 18.2 Å². The average molecular weight is 638 g/mol. The molecule has 0 spiro atoms. The molecular weight excluding hydrogens is 601 g/mol. The van der Waals surface area contributed by atoms with Gasteiger partial charge in [0.1, 0.15) is 19.1 Å². The molecule has 3 atom stereocenters. The smallest absolute Gasteiger partial charge is 0.393 e. The number of piperidine rings is 1. The van der Waals surface area contributed by atoms with Crippen LogP contribution in [0.25, 0.3) is 10.1 Å². The van der Waals surface area contributed by atoms with Crippen LogP contribution in [0.3, 0.4) is 0 Å². The third kappa shape index (κ3) is 7.66. The van der Waals surface area contributed by atoms with Crippen molar-refractivity contribution in [2.75, 3.05) is 63.9 Å². The first-order chi connectivity index (χ1) is 20.4. The molecule has 5 rings (SSSR count). The Morgan fingerprint density at radius 2 is 2.00 bits per heavy atom. The van der Waals surface area contributed by atoms with Crippen molar-refractivity contribution in [1.29, 1.82) is 0 Å². The maximum atomic E-state index is 15.3. The highest BCUT2D eigenvalue weighted by Gasteiger charge is 2.35. The van der Waals surface area contributed by atoms with E-state index in [9.17, 15) is 17.7 Å². The van der Waals surface area contributed by atoms with E-state index in [0.29, 0.717) is 63.6 Å². The molecular formula is C31H36F4N3O3PS. The summed E-state index contributed by atoms with van der Waals surface area (Å²) in [5, 5.41) is 7.60. The van der Waals surface area contributed by atoms with Gasteiger partial charge in [0.05, 0.1) is 53.7 Å². The first kappa shape index (κ1) is 31.6. The van der Waals surface area contributed by atoms with Gasteiger partial charge in [-0.05, 0) is 61.4 Å². The predicted molar refractivity (Wildman–Crippen MR) is 167 cm³/mol. The van der Waals surface area contributed by atoms with Crippen molar-refractivity contribution in [2.24, 2.45) is 0 Å². The molecule has 2 aliphatic heterocycles. The molecule has 43 heavy (non-hydrogen) atoms.